The number of ether oxygens (including phenoxy) is 2. The monoisotopic (exact) mass is 352 g/mol. The van der Waals surface area contributed by atoms with Crippen LogP contribution >= 0.6 is 0 Å². The quantitative estimate of drug-likeness (QED) is 0.341. The van der Waals surface area contributed by atoms with E-state index < -0.39 is 17.9 Å². The summed E-state index contributed by atoms with van der Waals surface area (Å²) in [5.74, 6) is -1.02. The summed E-state index contributed by atoms with van der Waals surface area (Å²) in [7, 11) is 0. The number of carboxylic acid groups (broad SMARTS) is 1. The Kier molecular flexibility index (Phi) is 9.12. The van der Waals surface area contributed by atoms with Gasteiger partial charge in [0, 0.05) is 26.2 Å². The molecule has 0 heterocycles. The van der Waals surface area contributed by atoms with Crippen molar-refractivity contribution >= 4 is 12.4 Å². The van der Waals surface area contributed by atoms with Crippen molar-refractivity contribution in [2.24, 2.45) is 0 Å². The molecule has 140 valence electrons. The number of nitrogens with one attached hydrogen (secondary N) is 1. The number of hydrazine groups is 1. The number of rotatable bonds is 12. The number of carbonyl (C=O) groups excluding carboxylic acids is 1. The van der Waals surface area contributed by atoms with E-state index in [1.165, 1.54) is 0 Å². The molecule has 0 bridgehead atoms. The molecule has 1 aromatic rings. The third kappa shape index (κ3) is 7.21. The Morgan fingerprint density at radius 1 is 1.28 bits per heavy atom. The van der Waals surface area contributed by atoms with Gasteiger partial charge in [-0.2, -0.15) is 0 Å². The van der Waals surface area contributed by atoms with Crippen LogP contribution in [0.5, 0.6) is 0 Å². The molecule has 1 atom stereocenters. The maximum atomic E-state index is 11.6. The Hall–Kier alpha value is -1.96. The van der Waals surface area contributed by atoms with Crippen LogP contribution in [0.2, 0.25) is 0 Å². The van der Waals surface area contributed by atoms with Crippen molar-refractivity contribution in [1.29, 1.82) is 0 Å². The third-order valence-electron chi connectivity index (χ3n) is 3.71. The van der Waals surface area contributed by atoms with Crippen LogP contribution in [0, 0.1) is 0 Å². The van der Waals surface area contributed by atoms with E-state index in [-0.39, 0.29) is 6.42 Å². The molecule has 2 N–H and O–H groups in total. The predicted molar refractivity (Wildman–Crippen MR) is 94.1 cm³/mol. The first-order valence-corrected chi connectivity index (χ1v) is 8.48. The van der Waals surface area contributed by atoms with Gasteiger partial charge in [-0.15, -0.1) is 0 Å². The number of aldehydes is 1. The number of carbonyl (C=O) groups is 2. The lowest BCUT2D eigenvalue weighted by atomic mass is 10.1. The normalized spacial score (nSPS) is 12.6. The van der Waals surface area contributed by atoms with E-state index in [2.05, 4.69) is 5.43 Å². The Morgan fingerprint density at radius 2 is 1.88 bits per heavy atom. The molecule has 1 unspecified atom stereocenters. The Morgan fingerprint density at radius 3 is 2.36 bits per heavy atom. The first-order valence-electron chi connectivity index (χ1n) is 8.48. The van der Waals surface area contributed by atoms with Gasteiger partial charge in [-0.1, -0.05) is 30.3 Å². The summed E-state index contributed by atoms with van der Waals surface area (Å²) < 4.78 is 11.2. The fourth-order valence-corrected chi connectivity index (χ4v) is 2.64. The largest absolute Gasteiger partial charge is 0.464 e. The second-order valence-corrected chi connectivity index (χ2v) is 5.70. The highest BCUT2D eigenvalue weighted by Crippen LogP contribution is 2.21. The topological polar surface area (TPSA) is 88.1 Å². The van der Waals surface area contributed by atoms with Crippen LogP contribution in [0.4, 0.5) is 4.79 Å². The molecule has 7 nitrogen and oxygen atoms in total. The van der Waals surface area contributed by atoms with Crippen LogP contribution in [-0.4, -0.2) is 54.1 Å². The van der Waals surface area contributed by atoms with E-state index in [0.717, 1.165) is 10.6 Å². The molecular weight excluding hydrogens is 324 g/mol. The molecule has 0 radical (unpaired) electrons. The summed E-state index contributed by atoms with van der Waals surface area (Å²) >= 11 is 0. The van der Waals surface area contributed by atoms with E-state index in [0.29, 0.717) is 32.5 Å². The first kappa shape index (κ1) is 21.1. The molecule has 1 aromatic carbocycles. The van der Waals surface area contributed by atoms with Crippen LogP contribution < -0.4 is 5.43 Å². The Bertz CT molecular complexity index is 517. The van der Waals surface area contributed by atoms with Gasteiger partial charge in [-0.25, -0.2) is 15.2 Å². The van der Waals surface area contributed by atoms with Crippen molar-refractivity contribution < 1.29 is 24.2 Å². The van der Waals surface area contributed by atoms with Gasteiger partial charge in [-0.05, 0) is 32.8 Å². The fraction of sp³-hybridized carbons (Fsp3) is 0.556. The minimum atomic E-state index is -1.22. The van der Waals surface area contributed by atoms with Gasteiger partial charge in [0.1, 0.15) is 12.3 Å². The Labute approximate surface area is 148 Å². The molecular formula is C18H28N2O5. The van der Waals surface area contributed by atoms with Gasteiger partial charge in [0.05, 0.1) is 0 Å². The van der Waals surface area contributed by atoms with Crippen LogP contribution in [0.25, 0.3) is 0 Å². The van der Waals surface area contributed by atoms with Crippen LogP contribution in [0.15, 0.2) is 30.3 Å². The predicted octanol–water partition coefficient (Wildman–Crippen LogP) is 2.46. The van der Waals surface area contributed by atoms with Crippen molar-refractivity contribution in [2.45, 2.75) is 45.4 Å². The van der Waals surface area contributed by atoms with Gasteiger partial charge < -0.3 is 19.4 Å². The first-order chi connectivity index (χ1) is 12.0. The van der Waals surface area contributed by atoms with Crippen LogP contribution in [0.1, 0.15) is 32.8 Å². The van der Waals surface area contributed by atoms with Gasteiger partial charge in [-0.3, -0.25) is 0 Å². The lowest BCUT2D eigenvalue weighted by Gasteiger charge is -2.34. The summed E-state index contributed by atoms with van der Waals surface area (Å²) in [5, 5.41) is 10.4. The highest BCUT2D eigenvalue weighted by molar-refractivity contribution is 5.71. The molecule has 7 heteroatoms. The number of hydrogen-bond donors (Lipinski definition) is 2. The molecule has 0 spiro atoms. The van der Waals surface area contributed by atoms with Crippen molar-refractivity contribution in [3.8, 4) is 0 Å². The third-order valence-corrected chi connectivity index (χ3v) is 3.71. The van der Waals surface area contributed by atoms with Gasteiger partial charge >= 0.3 is 6.09 Å². The second-order valence-electron chi connectivity index (χ2n) is 5.70. The number of nitrogens with zero attached hydrogens (tertiary/aromatic N) is 1. The van der Waals surface area contributed by atoms with Gasteiger partial charge in [0.15, 0.2) is 5.79 Å². The summed E-state index contributed by atoms with van der Waals surface area (Å²) in [6.45, 7) is 6.54. The molecule has 25 heavy (non-hydrogen) atoms. The van der Waals surface area contributed by atoms with E-state index in [9.17, 15) is 14.7 Å². The molecule has 1 amide bonds. The summed E-state index contributed by atoms with van der Waals surface area (Å²) in [5.41, 5.74) is 3.90. The lowest BCUT2D eigenvalue weighted by molar-refractivity contribution is -0.230. The summed E-state index contributed by atoms with van der Waals surface area (Å²) in [6.07, 6.45) is 0.119. The number of benzene rings is 1. The summed E-state index contributed by atoms with van der Waals surface area (Å²) in [4.78, 5) is 23.1. The zero-order valence-electron chi connectivity index (χ0n) is 15.1. The second kappa shape index (κ2) is 10.8. The zero-order chi connectivity index (χ0) is 18.7. The van der Waals surface area contributed by atoms with E-state index in [1.807, 2.05) is 44.2 Å². The highest BCUT2D eigenvalue weighted by Gasteiger charge is 2.34. The summed E-state index contributed by atoms with van der Waals surface area (Å²) in [6, 6.07) is 8.78. The molecule has 0 saturated carbocycles. The van der Waals surface area contributed by atoms with Crippen molar-refractivity contribution in [1.82, 2.24) is 10.4 Å². The smallest absolute Gasteiger partial charge is 0.422 e. The van der Waals surface area contributed by atoms with Crippen molar-refractivity contribution in [2.75, 3.05) is 19.8 Å². The van der Waals surface area contributed by atoms with E-state index >= 15 is 0 Å². The SMILES string of the molecule is CCOC(C)(CC(C=O)N(NCCc1ccccc1)C(=O)O)OCC. The van der Waals surface area contributed by atoms with E-state index in [1.54, 1.807) is 6.92 Å². The maximum absolute atomic E-state index is 11.6. The average molecular weight is 352 g/mol. The zero-order valence-corrected chi connectivity index (χ0v) is 15.1. The van der Waals surface area contributed by atoms with Crippen molar-refractivity contribution in [3.05, 3.63) is 35.9 Å². The molecule has 0 fully saturated rings. The van der Waals surface area contributed by atoms with Gasteiger partial charge in [0.25, 0.3) is 0 Å². The fourth-order valence-electron chi connectivity index (χ4n) is 2.64. The number of hydrogen-bond acceptors (Lipinski definition) is 5. The molecule has 0 aliphatic heterocycles. The van der Waals surface area contributed by atoms with E-state index in [4.69, 9.17) is 9.47 Å². The molecule has 0 aliphatic carbocycles. The molecule has 0 saturated heterocycles. The maximum Gasteiger partial charge on any atom is 0.422 e. The molecule has 1 rings (SSSR count). The standard InChI is InChI=1S/C18H28N2O5/c1-4-24-18(3,25-5-2)13-16(14-21)20(17(22)23)19-12-11-15-9-7-6-8-10-15/h6-10,14,16,19H,4-5,11-13H2,1-3H3,(H,22,23). The molecule has 0 aliphatic rings. The van der Waals surface area contributed by atoms with Gasteiger partial charge in [0.2, 0.25) is 0 Å². The average Bonchev–Trinajstić information content (AvgIpc) is 2.58. The van der Waals surface area contributed by atoms with Crippen molar-refractivity contribution in [3.63, 3.8) is 0 Å². The minimum Gasteiger partial charge on any atom is -0.464 e. The lowest BCUT2D eigenvalue weighted by Crippen LogP contribution is -2.53. The highest BCUT2D eigenvalue weighted by atomic mass is 16.7. The van der Waals surface area contributed by atoms with Crippen LogP contribution in [-0.2, 0) is 20.7 Å². The number of amides is 1. The molecule has 0 aromatic heterocycles. The Balaban J connectivity index is 2.72. The van der Waals surface area contributed by atoms with Crippen LogP contribution in [0.3, 0.4) is 0 Å². The minimum absolute atomic E-state index is 0.100.